The van der Waals surface area contributed by atoms with Crippen LogP contribution in [0.15, 0.2) is 22.6 Å². The Morgan fingerprint density at radius 3 is 2.50 bits per heavy atom. The molecule has 0 amide bonds. The summed E-state index contributed by atoms with van der Waals surface area (Å²) < 4.78 is 31.9. The molecule has 0 radical (unpaired) electrons. The predicted octanol–water partition coefficient (Wildman–Crippen LogP) is 2.59. The van der Waals surface area contributed by atoms with Crippen molar-refractivity contribution in [3.63, 3.8) is 0 Å². The molecule has 16 heavy (non-hydrogen) atoms. The maximum atomic E-state index is 11.3. The smallest absolute Gasteiger partial charge is 0.282 e. The van der Waals surface area contributed by atoms with Crippen molar-refractivity contribution in [2.75, 3.05) is 0 Å². The Labute approximate surface area is 95.6 Å². The van der Waals surface area contributed by atoms with Gasteiger partial charge in [0.1, 0.15) is 4.90 Å². The summed E-state index contributed by atoms with van der Waals surface area (Å²) in [6.45, 7) is 3.73. The summed E-state index contributed by atoms with van der Waals surface area (Å²) in [4.78, 5) is 0.0914. The molecule has 1 aliphatic carbocycles. The molecule has 0 aromatic heterocycles. The standard InChI is InChI=1S/C12H14O3S/c1-8-3-6-11-10(7-8)5-4-9(2)12(11)16(13,14)15/h4-5,7H,3,6H2,1-2H3,(H,13,14,15). The molecule has 4 heteroatoms. The first kappa shape index (κ1) is 11.4. The van der Waals surface area contributed by atoms with E-state index in [-0.39, 0.29) is 4.90 Å². The first-order valence-corrected chi connectivity index (χ1v) is 6.61. The number of hydrogen-bond acceptors (Lipinski definition) is 2. The lowest BCUT2D eigenvalue weighted by Gasteiger charge is -2.18. The molecule has 0 atom stereocenters. The minimum atomic E-state index is -4.12. The van der Waals surface area contributed by atoms with Crippen LogP contribution in [-0.4, -0.2) is 13.0 Å². The zero-order valence-electron chi connectivity index (χ0n) is 9.32. The van der Waals surface area contributed by atoms with Gasteiger partial charge in [-0.1, -0.05) is 23.8 Å². The average molecular weight is 238 g/mol. The minimum absolute atomic E-state index is 0.0914. The van der Waals surface area contributed by atoms with Crippen LogP contribution in [0.1, 0.15) is 30.0 Å². The lowest BCUT2D eigenvalue weighted by atomic mass is 9.92. The van der Waals surface area contributed by atoms with Crippen LogP contribution in [0.3, 0.4) is 0 Å². The average Bonchev–Trinajstić information content (AvgIpc) is 2.16. The maximum Gasteiger partial charge on any atom is 0.295 e. The van der Waals surface area contributed by atoms with Crippen molar-refractivity contribution in [2.45, 2.75) is 31.6 Å². The molecule has 86 valence electrons. The second kappa shape index (κ2) is 3.71. The summed E-state index contributed by atoms with van der Waals surface area (Å²) in [5, 5.41) is 0. The molecule has 2 rings (SSSR count). The number of fused-ring (bicyclic) bond motifs is 1. The Morgan fingerprint density at radius 2 is 1.88 bits per heavy atom. The van der Waals surface area contributed by atoms with Gasteiger partial charge in [-0.05, 0) is 43.4 Å². The minimum Gasteiger partial charge on any atom is -0.282 e. The van der Waals surface area contributed by atoms with Gasteiger partial charge in [0.25, 0.3) is 10.1 Å². The van der Waals surface area contributed by atoms with Gasteiger partial charge in [-0.2, -0.15) is 8.42 Å². The van der Waals surface area contributed by atoms with Gasteiger partial charge >= 0.3 is 0 Å². The Balaban J connectivity index is 2.76. The van der Waals surface area contributed by atoms with E-state index in [1.165, 1.54) is 5.57 Å². The van der Waals surface area contributed by atoms with E-state index < -0.39 is 10.1 Å². The summed E-state index contributed by atoms with van der Waals surface area (Å²) in [5.74, 6) is 0. The zero-order chi connectivity index (χ0) is 11.9. The fourth-order valence-corrected chi connectivity index (χ4v) is 3.18. The highest BCUT2D eigenvalue weighted by molar-refractivity contribution is 7.86. The van der Waals surface area contributed by atoms with Gasteiger partial charge in [-0.15, -0.1) is 0 Å². The Kier molecular flexibility index (Phi) is 2.64. The first-order chi connectivity index (χ1) is 7.39. The number of allylic oxidation sites excluding steroid dienone is 1. The summed E-state index contributed by atoms with van der Waals surface area (Å²) in [6.07, 6.45) is 3.50. The van der Waals surface area contributed by atoms with Gasteiger partial charge in [-0.3, -0.25) is 4.55 Å². The summed E-state index contributed by atoms with van der Waals surface area (Å²) in [6, 6.07) is 3.64. The largest absolute Gasteiger partial charge is 0.295 e. The quantitative estimate of drug-likeness (QED) is 0.765. The molecule has 0 spiro atoms. The van der Waals surface area contributed by atoms with Crippen LogP contribution in [0, 0.1) is 6.92 Å². The molecule has 0 aliphatic heterocycles. The molecule has 0 fully saturated rings. The van der Waals surface area contributed by atoms with Crippen molar-refractivity contribution in [3.05, 3.63) is 34.4 Å². The molecule has 1 N–H and O–H groups in total. The fraction of sp³-hybridized carbons (Fsp3) is 0.333. The normalized spacial score (nSPS) is 15.6. The van der Waals surface area contributed by atoms with Crippen molar-refractivity contribution >= 4 is 16.2 Å². The van der Waals surface area contributed by atoms with Crippen LogP contribution in [0.25, 0.3) is 6.08 Å². The van der Waals surface area contributed by atoms with Gasteiger partial charge in [0, 0.05) is 0 Å². The molecule has 1 aromatic carbocycles. The molecular formula is C12H14O3S. The third-order valence-electron chi connectivity index (χ3n) is 2.92. The highest BCUT2D eigenvalue weighted by Crippen LogP contribution is 2.31. The van der Waals surface area contributed by atoms with E-state index in [0.717, 1.165) is 17.5 Å². The van der Waals surface area contributed by atoms with Crippen LogP contribution in [0.4, 0.5) is 0 Å². The molecule has 0 unspecified atom stereocenters. The zero-order valence-corrected chi connectivity index (χ0v) is 10.1. The molecule has 1 aliphatic rings. The number of benzene rings is 1. The number of hydrogen-bond donors (Lipinski definition) is 1. The molecule has 0 bridgehead atoms. The lowest BCUT2D eigenvalue weighted by Crippen LogP contribution is -2.09. The van der Waals surface area contributed by atoms with Gasteiger partial charge in [-0.25, -0.2) is 0 Å². The van der Waals surface area contributed by atoms with E-state index in [2.05, 4.69) is 0 Å². The monoisotopic (exact) mass is 238 g/mol. The highest BCUT2D eigenvalue weighted by Gasteiger charge is 2.22. The SMILES string of the molecule is CC1=Cc2ccc(C)c(S(=O)(=O)O)c2CC1. The number of aryl methyl sites for hydroxylation is 1. The summed E-state index contributed by atoms with van der Waals surface area (Å²) in [5.41, 5.74) is 3.49. The van der Waals surface area contributed by atoms with Crippen molar-refractivity contribution < 1.29 is 13.0 Å². The van der Waals surface area contributed by atoms with Crippen LogP contribution >= 0.6 is 0 Å². The van der Waals surface area contributed by atoms with Crippen LogP contribution in [-0.2, 0) is 16.5 Å². The van der Waals surface area contributed by atoms with E-state index in [1.807, 2.05) is 19.1 Å². The second-order valence-corrected chi connectivity index (χ2v) is 5.60. The summed E-state index contributed by atoms with van der Waals surface area (Å²) in [7, 11) is -4.12. The topological polar surface area (TPSA) is 54.4 Å². The summed E-state index contributed by atoms with van der Waals surface area (Å²) >= 11 is 0. The van der Waals surface area contributed by atoms with Crippen LogP contribution in [0.5, 0.6) is 0 Å². The van der Waals surface area contributed by atoms with Gasteiger partial charge < -0.3 is 0 Å². The van der Waals surface area contributed by atoms with Crippen molar-refractivity contribution in [2.24, 2.45) is 0 Å². The van der Waals surface area contributed by atoms with Crippen molar-refractivity contribution in [1.29, 1.82) is 0 Å². The fourth-order valence-electron chi connectivity index (χ4n) is 2.17. The Hall–Kier alpha value is -1.13. The van der Waals surface area contributed by atoms with E-state index in [9.17, 15) is 13.0 Å². The van der Waals surface area contributed by atoms with E-state index in [4.69, 9.17) is 0 Å². The molecule has 3 nitrogen and oxygen atoms in total. The molecule has 0 saturated heterocycles. The molecule has 0 saturated carbocycles. The maximum absolute atomic E-state index is 11.3. The first-order valence-electron chi connectivity index (χ1n) is 5.17. The predicted molar refractivity (Wildman–Crippen MR) is 63.0 cm³/mol. The third kappa shape index (κ3) is 1.90. The van der Waals surface area contributed by atoms with Gasteiger partial charge in [0.15, 0.2) is 0 Å². The van der Waals surface area contributed by atoms with E-state index in [1.54, 1.807) is 13.0 Å². The van der Waals surface area contributed by atoms with Gasteiger partial charge in [0.05, 0.1) is 0 Å². The molecule has 1 aromatic rings. The van der Waals surface area contributed by atoms with Crippen LogP contribution in [0.2, 0.25) is 0 Å². The lowest BCUT2D eigenvalue weighted by molar-refractivity contribution is 0.481. The number of rotatable bonds is 1. The Morgan fingerprint density at radius 1 is 1.19 bits per heavy atom. The van der Waals surface area contributed by atoms with E-state index in [0.29, 0.717) is 12.0 Å². The molecule has 0 heterocycles. The van der Waals surface area contributed by atoms with Crippen molar-refractivity contribution in [3.8, 4) is 0 Å². The van der Waals surface area contributed by atoms with Gasteiger partial charge in [0.2, 0.25) is 0 Å². The van der Waals surface area contributed by atoms with E-state index >= 15 is 0 Å². The molecular weight excluding hydrogens is 224 g/mol. The van der Waals surface area contributed by atoms with Crippen molar-refractivity contribution in [1.82, 2.24) is 0 Å². The Bertz CT molecular complexity index is 568. The second-order valence-electron chi connectivity index (χ2n) is 4.25. The highest BCUT2D eigenvalue weighted by atomic mass is 32.2. The third-order valence-corrected chi connectivity index (χ3v) is 4.01. The van der Waals surface area contributed by atoms with Crippen LogP contribution < -0.4 is 0 Å².